The first-order chi connectivity index (χ1) is 11.4. The minimum Gasteiger partial charge on any atom is -0.437 e. The highest BCUT2D eigenvalue weighted by Crippen LogP contribution is 2.34. The fourth-order valence-corrected chi connectivity index (χ4v) is 1.93. The first-order valence-electron chi connectivity index (χ1n) is 6.33. The summed E-state index contributed by atoms with van der Waals surface area (Å²) in [6.45, 7) is 1.45. The molecular formula is C15H8Cl2N2O5. The number of rotatable bonds is 4. The average Bonchev–Trinajstić information content (AvgIpc) is 2.56. The summed E-state index contributed by atoms with van der Waals surface area (Å²) < 4.78 is 10.0. The topological polar surface area (TPSA) is 91.6 Å². The fourth-order valence-electron chi connectivity index (χ4n) is 1.64. The normalized spacial score (nSPS) is 9.62. The van der Waals surface area contributed by atoms with E-state index < -0.39 is 16.6 Å². The Balaban J connectivity index is 2.41. The van der Waals surface area contributed by atoms with Gasteiger partial charge in [0.05, 0.1) is 9.95 Å². The fraction of sp³-hybridized carbons (Fsp3) is 0.0667. The molecule has 0 radical (unpaired) electrons. The molecule has 0 atom stereocenters. The number of halogens is 2. The van der Waals surface area contributed by atoms with Crippen LogP contribution >= 0.6 is 23.2 Å². The molecule has 2 rings (SSSR count). The molecule has 1 aromatic carbocycles. The third-order valence-corrected chi connectivity index (χ3v) is 3.43. The van der Waals surface area contributed by atoms with Crippen molar-refractivity contribution in [2.75, 3.05) is 0 Å². The number of aromatic nitrogens is 1. The van der Waals surface area contributed by atoms with Crippen LogP contribution in [0.3, 0.4) is 0 Å². The number of esters is 1. The third-order valence-electron chi connectivity index (χ3n) is 2.66. The number of ether oxygens (including phenoxy) is 2. The molecule has 24 heavy (non-hydrogen) atoms. The number of nitro benzene ring substituents is 1. The van der Waals surface area contributed by atoms with Crippen molar-refractivity contribution in [3.63, 3.8) is 0 Å². The number of carbonyl (C=O) groups is 1. The van der Waals surface area contributed by atoms with Crippen LogP contribution in [0.4, 0.5) is 5.69 Å². The van der Waals surface area contributed by atoms with Crippen molar-refractivity contribution in [1.82, 2.24) is 4.98 Å². The van der Waals surface area contributed by atoms with Crippen molar-refractivity contribution in [3.05, 3.63) is 56.2 Å². The van der Waals surface area contributed by atoms with Crippen LogP contribution in [0.5, 0.6) is 11.6 Å². The standard InChI is InChI=1S/C15H8Cl2N2O5/c1-2-7-23-15(20)10-8-9(3-4-12(10)19(21)22)24-14-13(17)11(16)5-6-18-14/h3-6,8H,1H3. The number of pyridine rings is 1. The maximum Gasteiger partial charge on any atom is 0.359 e. The molecular weight excluding hydrogens is 359 g/mol. The Morgan fingerprint density at radius 1 is 1.33 bits per heavy atom. The molecule has 0 spiro atoms. The number of hydrogen-bond acceptors (Lipinski definition) is 6. The average molecular weight is 367 g/mol. The van der Waals surface area contributed by atoms with Crippen LogP contribution in [0, 0.1) is 22.1 Å². The second-order valence-corrected chi connectivity index (χ2v) is 4.98. The van der Waals surface area contributed by atoms with Gasteiger partial charge in [-0.2, -0.15) is 0 Å². The van der Waals surface area contributed by atoms with Gasteiger partial charge in [0.15, 0.2) is 0 Å². The monoisotopic (exact) mass is 366 g/mol. The Morgan fingerprint density at radius 2 is 2.08 bits per heavy atom. The minimum atomic E-state index is -0.980. The van der Waals surface area contributed by atoms with Crippen molar-refractivity contribution < 1.29 is 19.2 Å². The van der Waals surface area contributed by atoms with Gasteiger partial charge in [-0.05, 0) is 12.1 Å². The Bertz CT molecular complexity index is 874. The Morgan fingerprint density at radius 3 is 2.75 bits per heavy atom. The lowest BCUT2D eigenvalue weighted by molar-refractivity contribution is -0.385. The SMILES string of the molecule is CC#COC(=O)c1cc(Oc2nccc(Cl)c2Cl)ccc1[N+](=O)[O-]. The molecule has 0 aliphatic carbocycles. The molecule has 0 aliphatic rings. The van der Waals surface area contributed by atoms with Crippen LogP contribution in [0.25, 0.3) is 0 Å². The molecule has 9 heteroatoms. The van der Waals surface area contributed by atoms with Crippen LogP contribution in [-0.4, -0.2) is 15.9 Å². The van der Waals surface area contributed by atoms with E-state index in [4.69, 9.17) is 27.9 Å². The first kappa shape index (κ1) is 17.5. The first-order valence-corrected chi connectivity index (χ1v) is 7.09. The van der Waals surface area contributed by atoms with Crippen LogP contribution in [-0.2, 0) is 4.74 Å². The van der Waals surface area contributed by atoms with E-state index in [2.05, 4.69) is 21.7 Å². The van der Waals surface area contributed by atoms with Gasteiger partial charge in [0.25, 0.3) is 5.69 Å². The van der Waals surface area contributed by atoms with E-state index in [9.17, 15) is 14.9 Å². The van der Waals surface area contributed by atoms with Gasteiger partial charge in [0.2, 0.25) is 5.88 Å². The molecule has 7 nitrogen and oxygen atoms in total. The van der Waals surface area contributed by atoms with E-state index in [1.807, 2.05) is 0 Å². The van der Waals surface area contributed by atoms with Crippen molar-refractivity contribution in [1.29, 1.82) is 0 Å². The largest absolute Gasteiger partial charge is 0.437 e. The molecule has 0 saturated heterocycles. The van der Waals surface area contributed by atoms with Crippen molar-refractivity contribution >= 4 is 34.9 Å². The minimum absolute atomic E-state index is 0.00862. The highest BCUT2D eigenvalue weighted by atomic mass is 35.5. The predicted molar refractivity (Wildman–Crippen MR) is 86.3 cm³/mol. The van der Waals surface area contributed by atoms with Crippen molar-refractivity contribution in [2.45, 2.75) is 6.92 Å². The number of carbonyl (C=O) groups excluding carboxylic acids is 1. The summed E-state index contributed by atoms with van der Waals surface area (Å²) in [5.41, 5.74) is -0.770. The molecule has 2 aromatic rings. The second-order valence-electron chi connectivity index (χ2n) is 4.19. The van der Waals surface area contributed by atoms with Gasteiger partial charge in [-0.1, -0.05) is 29.1 Å². The number of benzene rings is 1. The Labute approximate surface area is 146 Å². The molecule has 122 valence electrons. The number of nitro groups is 1. The molecule has 0 unspecified atom stereocenters. The van der Waals surface area contributed by atoms with Gasteiger partial charge < -0.3 is 9.47 Å². The summed E-state index contributed by atoms with van der Waals surface area (Å²) in [5.74, 6) is 1.45. The van der Waals surface area contributed by atoms with Crippen LogP contribution in [0.1, 0.15) is 17.3 Å². The summed E-state index contributed by atoms with van der Waals surface area (Å²) in [6, 6.07) is 5.00. The van der Waals surface area contributed by atoms with Crippen molar-refractivity contribution in [2.24, 2.45) is 0 Å². The maximum atomic E-state index is 11.9. The van der Waals surface area contributed by atoms with Gasteiger partial charge in [0.1, 0.15) is 22.4 Å². The van der Waals surface area contributed by atoms with Crippen LogP contribution in [0.2, 0.25) is 10.0 Å². The van der Waals surface area contributed by atoms with E-state index >= 15 is 0 Å². The molecule has 0 amide bonds. The Hall–Kier alpha value is -2.82. The highest BCUT2D eigenvalue weighted by Gasteiger charge is 2.23. The summed E-state index contributed by atoms with van der Waals surface area (Å²) in [4.78, 5) is 26.1. The quantitative estimate of drug-likeness (QED) is 0.348. The molecule has 0 bridgehead atoms. The van der Waals surface area contributed by atoms with E-state index in [1.54, 1.807) is 0 Å². The molecule has 1 aromatic heterocycles. The highest BCUT2D eigenvalue weighted by molar-refractivity contribution is 6.42. The van der Waals surface area contributed by atoms with E-state index in [0.29, 0.717) is 0 Å². The third kappa shape index (κ3) is 3.93. The lowest BCUT2D eigenvalue weighted by Gasteiger charge is -2.08. The predicted octanol–water partition coefficient (Wildman–Crippen LogP) is 4.23. The van der Waals surface area contributed by atoms with Gasteiger partial charge in [-0.3, -0.25) is 10.1 Å². The summed E-state index contributed by atoms with van der Waals surface area (Å²) in [5, 5.41) is 11.3. The molecule has 0 aliphatic heterocycles. The van der Waals surface area contributed by atoms with Crippen LogP contribution in [0.15, 0.2) is 30.5 Å². The van der Waals surface area contributed by atoms with Gasteiger partial charge >= 0.3 is 5.97 Å². The maximum absolute atomic E-state index is 11.9. The van der Waals surface area contributed by atoms with Gasteiger partial charge in [0, 0.05) is 25.3 Å². The summed E-state index contributed by atoms with van der Waals surface area (Å²) >= 11 is 11.8. The van der Waals surface area contributed by atoms with E-state index in [1.165, 1.54) is 25.3 Å². The lowest BCUT2D eigenvalue weighted by atomic mass is 10.1. The zero-order chi connectivity index (χ0) is 17.7. The lowest BCUT2D eigenvalue weighted by Crippen LogP contribution is -2.06. The number of nitrogens with zero attached hydrogens (tertiary/aromatic N) is 2. The van der Waals surface area contributed by atoms with E-state index in [0.717, 1.165) is 12.1 Å². The zero-order valence-corrected chi connectivity index (χ0v) is 13.6. The Kier molecular flexibility index (Phi) is 5.58. The van der Waals surface area contributed by atoms with Gasteiger partial charge in [-0.25, -0.2) is 9.78 Å². The summed E-state index contributed by atoms with van der Waals surface area (Å²) in [7, 11) is 0. The van der Waals surface area contributed by atoms with Gasteiger partial charge in [-0.15, -0.1) is 0 Å². The number of hydrogen-bond donors (Lipinski definition) is 0. The van der Waals surface area contributed by atoms with Crippen molar-refractivity contribution in [3.8, 4) is 23.7 Å². The zero-order valence-electron chi connectivity index (χ0n) is 12.1. The van der Waals surface area contributed by atoms with Crippen LogP contribution < -0.4 is 4.74 Å². The molecule has 0 saturated carbocycles. The van der Waals surface area contributed by atoms with E-state index in [-0.39, 0.29) is 27.2 Å². The molecule has 0 fully saturated rings. The molecule has 1 heterocycles. The summed E-state index contributed by atoms with van der Waals surface area (Å²) in [6.07, 6.45) is 3.46. The second kappa shape index (κ2) is 7.64. The molecule has 0 N–H and O–H groups in total. The smallest absolute Gasteiger partial charge is 0.359 e.